The average molecular weight is 275 g/mol. The molecule has 2 rings (SSSR count). The first kappa shape index (κ1) is 13.4. The normalized spacial score (nSPS) is 10.2. The number of aromatic carboxylic acids is 1. The lowest BCUT2D eigenvalue weighted by Crippen LogP contribution is -2.01. The highest BCUT2D eigenvalue weighted by Crippen LogP contribution is 2.29. The molecule has 0 spiro atoms. The van der Waals surface area contributed by atoms with E-state index in [2.05, 4.69) is 4.98 Å². The number of methoxy groups -OCH3 is 1. The molecule has 0 fully saturated rings. The highest BCUT2D eigenvalue weighted by molar-refractivity contribution is 7.99. The SMILES string of the molecule is COc1cccc(Sc2ccc(C(=O)O)c(C)n2)c1. The van der Waals surface area contributed by atoms with Crippen molar-refractivity contribution in [3.05, 3.63) is 47.7 Å². The standard InChI is InChI=1S/C14H13NO3S/c1-9-12(14(16)17)6-7-13(15-9)19-11-5-3-4-10(8-11)18-2/h3-8H,1-2H3,(H,16,17). The summed E-state index contributed by atoms with van der Waals surface area (Å²) in [5.74, 6) is -0.174. The summed E-state index contributed by atoms with van der Waals surface area (Å²) in [6.45, 7) is 1.69. The van der Waals surface area contributed by atoms with Gasteiger partial charge in [0.25, 0.3) is 0 Å². The molecule has 0 aliphatic rings. The van der Waals surface area contributed by atoms with E-state index in [1.54, 1.807) is 26.2 Å². The van der Waals surface area contributed by atoms with Gasteiger partial charge in [-0.2, -0.15) is 0 Å². The number of carboxylic acids is 1. The highest BCUT2D eigenvalue weighted by Gasteiger charge is 2.09. The summed E-state index contributed by atoms with van der Waals surface area (Å²) in [6.07, 6.45) is 0. The minimum atomic E-state index is -0.956. The summed E-state index contributed by atoms with van der Waals surface area (Å²) < 4.78 is 5.16. The maximum atomic E-state index is 10.9. The fraction of sp³-hybridized carbons (Fsp3) is 0.143. The Balaban J connectivity index is 2.23. The van der Waals surface area contributed by atoms with E-state index in [4.69, 9.17) is 9.84 Å². The molecule has 0 amide bonds. The Morgan fingerprint density at radius 3 is 2.74 bits per heavy atom. The minimum absolute atomic E-state index is 0.231. The summed E-state index contributed by atoms with van der Waals surface area (Å²) >= 11 is 1.47. The van der Waals surface area contributed by atoms with Crippen molar-refractivity contribution in [3.8, 4) is 5.75 Å². The van der Waals surface area contributed by atoms with Crippen LogP contribution in [0.5, 0.6) is 5.75 Å². The maximum absolute atomic E-state index is 10.9. The predicted molar refractivity (Wildman–Crippen MR) is 73.1 cm³/mol. The molecule has 0 radical (unpaired) electrons. The van der Waals surface area contributed by atoms with Gasteiger partial charge in [-0.15, -0.1) is 0 Å². The van der Waals surface area contributed by atoms with E-state index >= 15 is 0 Å². The summed E-state index contributed by atoms with van der Waals surface area (Å²) in [4.78, 5) is 16.2. The number of hydrogen-bond acceptors (Lipinski definition) is 4. The molecule has 0 saturated carbocycles. The van der Waals surface area contributed by atoms with Gasteiger partial charge in [0.2, 0.25) is 0 Å². The van der Waals surface area contributed by atoms with E-state index in [0.29, 0.717) is 5.69 Å². The summed E-state index contributed by atoms with van der Waals surface area (Å²) in [5, 5.41) is 9.71. The van der Waals surface area contributed by atoms with Crippen molar-refractivity contribution in [1.82, 2.24) is 4.98 Å². The van der Waals surface area contributed by atoms with Crippen LogP contribution in [0, 0.1) is 6.92 Å². The molecule has 0 bridgehead atoms. The second-order valence-electron chi connectivity index (χ2n) is 3.87. The number of rotatable bonds is 4. The lowest BCUT2D eigenvalue weighted by atomic mass is 10.2. The zero-order chi connectivity index (χ0) is 13.8. The zero-order valence-corrected chi connectivity index (χ0v) is 11.4. The molecule has 0 atom stereocenters. The fourth-order valence-corrected chi connectivity index (χ4v) is 2.49. The number of nitrogens with zero attached hydrogens (tertiary/aromatic N) is 1. The number of ether oxygens (including phenoxy) is 1. The Morgan fingerprint density at radius 1 is 1.32 bits per heavy atom. The van der Waals surface area contributed by atoms with Crippen LogP contribution < -0.4 is 4.74 Å². The maximum Gasteiger partial charge on any atom is 0.337 e. The lowest BCUT2D eigenvalue weighted by molar-refractivity contribution is 0.0695. The third kappa shape index (κ3) is 3.26. The second kappa shape index (κ2) is 5.75. The Hall–Kier alpha value is -2.01. The number of carbonyl (C=O) groups is 1. The average Bonchev–Trinajstić information content (AvgIpc) is 2.38. The molecule has 5 heteroatoms. The van der Waals surface area contributed by atoms with Crippen LogP contribution in [0.15, 0.2) is 46.3 Å². The van der Waals surface area contributed by atoms with Gasteiger partial charge >= 0.3 is 5.97 Å². The molecular weight excluding hydrogens is 262 g/mol. The van der Waals surface area contributed by atoms with E-state index in [0.717, 1.165) is 15.7 Å². The van der Waals surface area contributed by atoms with Crippen LogP contribution in [0.4, 0.5) is 0 Å². The van der Waals surface area contributed by atoms with Crippen LogP contribution in [0.25, 0.3) is 0 Å². The van der Waals surface area contributed by atoms with Gasteiger partial charge in [-0.05, 0) is 37.3 Å². The Bertz CT molecular complexity index is 613. The zero-order valence-electron chi connectivity index (χ0n) is 10.6. The van der Waals surface area contributed by atoms with Gasteiger partial charge in [0.15, 0.2) is 0 Å². The first-order valence-electron chi connectivity index (χ1n) is 5.63. The van der Waals surface area contributed by atoms with Crippen LogP contribution in [0.3, 0.4) is 0 Å². The molecule has 0 saturated heterocycles. The van der Waals surface area contributed by atoms with Crippen LogP contribution in [-0.4, -0.2) is 23.2 Å². The van der Waals surface area contributed by atoms with E-state index in [-0.39, 0.29) is 5.56 Å². The summed E-state index contributed by atoms with van der Waals surface area (Å²) in [7, 11) is 1.62. The largest absolute Gasteiger partial charge is 0.497 e. The van der Waals surface area contributed by atoms with Gasteiger partial charge in [0.05, 0.1) is 18.4 Å². The van der Waals surface area contributed by atoms with Crippen LogP contribution >= 0.6 is 11.8 Å². The number of benzene rings is 1. The number of carboxylic acid groups (broad SMARTS) is 1. The summed E-state index contributed by atoms with van der Waals surface area (Å²) in [5.41, 5.74) is 0.746. The van der Waals surface area contributed by atoms with Crippen molar-refractivity contribution in [2.24, 2.45) is 0 Å². The van der Waals surface area contributed by atoms with Gasteiger partial charge in [-0.1, -0.05) is 17.8 Å². The number of pyridine rings is 1. The van der Waals surface area contributed by atoms with Gasteiger partial charge < -0.3 is 9.84 Å². The van der Waals surface area contributed by atoms with E-state index < -0.39 is 5.97 Å². The van der Waals surface area contributed by atoms with E-state index in [1.165, 1.54) is 11.8 Å². The molecule has 1 aromatic heterocycles. The third-order valence-corrected chi connectivity index (χ3v) is 3.48. The van der Waals surface area contributed by atoms with Crippen LogP contribution in [0.2, 0.25) is 0 Å². The quantitative estimate of drug-likeness (QED) is 0.928. The lowest BCUT2D eigenvalue weighted by Gasteiger charge is -2.06. The Labute approximate surface area is 115 Å². The first-order valence-corrected chi connectivity index (χ1v) is 6.44. The number of aryl methyl sites for hydroxylation is 1. The molecule has 98 valence electrons. The molecule has 0 unspecified atom stereocenters. The van der Waals surface area contributed by atoms with Crippen molar-refractivity contribution in [1.29, 1.82) is 0 Å². The molecular formula is C14H13NO3S. The molecule has 19 heavy (non-hydrogen) atoms. The molecule has 1 heterocycles. The van der Waals surface area contributed by atoms with Gasteiger partial charge in [-0.25, -0.2) is 9.78 Å². The topological polar surface area (TPSA) is 59.4 Å². The molecule has 2 aromatic rings. The van der Waals surface area contributed by atoms with Gasteiger partial charge in [0.1, 0.15) is 10.8 Å². The van der Waals surface area contributed by atoms with Crippen molar-refractivity contribution in [2.45, 2.75) is 16.8 Å². The van der Waals surface area contributed by atoms with Crippen molar-refractivity contribution in [2.75, 3.05) is 7.11 Å². The second-order valence-corrected chi connectivity index (χ2v) is 4.96. The fourth-order valence-electron chi connectivity index (χ4n) is 1.61. The smallest absolute Gasteiger partial charge is 0.337 e. The third-order valence-electron chi connectivity index (χ3n) is 2.55. The molecule has 4 nitrogen and oxygen atoms in total. The van der Waals surface area contributed by atoms with Crippen molar-refractivity contribution < 1.29 is 14.6 Å². The summed E-state index contributed by atoms with van der Waals surface area (Å²) in [6, 6.07) is 10.9. The van der Waals surface area contributed by atoms with E-state index in [9.17, 15) is 4.79 Å². The van der Waals surface area contributed by atoms with E-state index in [1.807, 2.05) is 24.3 Å². The highest BCUT2D eigenvalue weighted by atomic mass is 32.2. The van der Waals surface area contributed by atoms with Gasteiger partial charge in [-0.3, -0.25) is 0 Å². The Kier molecular flexibility index (Phi) is 4.06. The van der Waals surface area contributed by atoms with Crippen molar-refractivity contribution in [3.63, 3.8) is 0 Å². The molecule has 0 aliphatic carbocycles. The van der Waals surface area contributed by atoms with Crippen LogP contribution in [-0.2, 0) is 0 Å². The molecule has 1 N–H and O–H groups in total. The predicted octanol–water partition coefficient (Wildman–Crippen LogP) is 3.25. The molecule has 1 aromatic carbocycles. The molecule has 0 aliphatic heterocycles. The number of hydrogen-bond donors (Lipinski definition) is 1. The minimum Gasteiger partial charge on any atom is -0.497 e. The first-order chi connectivity index (χ1) is 9.10. The van der Waals surface area contributed by atoms with Crippen LogP contribution in [0.1, 0.15) is 16.1 Å². The Morgan fingerprint density at radius 2 is 2.11 bits per heavy atom. The number of aromatic nitrogens is 1. The van der Waals surface area contributed by atoms with Crippen molar-refractivity contribution >= 4 is 17.7 Å². The van der Waals surface area contributed by atoms with Gasteiger partial charge in [0, 0.05) is 4.90 Å². The monoisotopic (exact) mass is 275 g/mol.